The summed E-state index contributed by atoms with van der Waals surface area (Å²) in [6.07, 6.45) is 4.78. The van der Waals surface area contributed by atoms with Crippen LogP contribution in [-0.2, 0) is 13.2 Å². The first-order valence-corrected chi connectivity index (χ1v) is 8.54. The van der Waals surface area contributed by atoms with E-state index in [1.807, 2.05) is 24.3 Å². The van der Waals surface area contributed by atoms with E-state index >= 15 is 0 Å². The number of carbonyl (C=O) groups is 1. The van der Waals surface area contributed by atoms with Crippen LogP contribution in [-0.4, -0.2) is 38.0 Å². The maximum absolute atomic E-state index is 12.5. The van der Waals surface area contributed by atoms with Crippen molar-refractivity contribution >= 4 is 16.7 Å². The largest absolute Gasteiger partial charge is 0.483 e. The Kier molecular flexibility index (Phi) is 4.71. The van der Waals surface area contributed by atoms with Gasteiger partial charge in [-0.15, -0.1) is 10.2 Å². The van der Waals surface area contributed by atoms with Crippen molar-refractivity contribution in [3.05, 3.63) is 66.3 Å². The van der Waals surface area contributed by atoms with Gasteiger partial charge >= 0.3 is 0 Å². The minimum atomic E-state index is -0.318. The molecule has 4 rings (SSSR count). The van der Waals surface area contributed by atoms with Crippen molar-refractivity contribution in [1.82, 2.24) is 25.1 Å². The highest BCUT2D eigenvalue weighted by atomic mass is 16.5. The van der Waals surface area contributed by atoms with E-state index < -0.39 is 0 Å². The quantitative estimate of drug-likeness (QED) is 0.503. The molecule has 0 aliphatic rings. The van der Waals surface area contributed by atoms with Crippen LogP contribution in [0.5, 0.6) is 5.75 Å². The molecule has 0 bridgehead atoms. The Labute approximate surface area is 160 Å². The summed E-state index contributed by atoms with van der Waals surface area (Å²) in [5.74, 6) is 1.47. The maximum atomic E-state index is 12.5. The van der Waals surface area contributed by atoms with Crippen molar-refractivity contribution in [2.45, 2.75) is 20.1 Å². The fourth-order valence-corrected chi connectivity index (χ4v) is 2.71. The monoisotopic (exact) mass is 379 g/mol. The summed E-state index contributed by atoms with van der Waals surface area (Å²) in [6.45, 7) is 1.97. The zero-order valence-corrected chi connectivity index (χ0v) is 15.3. The zero-order valence-electron chi connectivity index (χ0n) is 15.3. The molecule has 0 saturated carbocycles. The third-order valence-electron chi connectivity index (χ3n) is 4.05. The predicted molar refractivity (Wildman–Crippen MR) is 97.4 cm³/mol. The smallest absolute Gasteiger partial charge is 0.276 e. The third kappa shape index (κ3) is 3.68. The molecule has 0 radical (unpaired) electrons. The maximum Gasteiger partial charge on any atom is 0.276 e. The fourth-order valence-electron chi connectivity index (χ4n) is 2.71. The number of aryl methyl sites for hydroxylation is 1. The highest BCUT2D eigenvalue weighted by molar-refractivity contribution is 5.91. The zero-order chi connectivity index (χ0) is 19.5. The Morgan fingerprint density at radius 3 is 2.93 bits per heavy atom. The number of benzene rings is 1. The summed E-state index contributed by atoms with van der Waals surface area (Å²) in [7, 11) is 1.62. The average Bonchev–Trinajstić information content (AvgIpc) is 3.34. The number of nitrogens with zero attached hydrogens (tertiary/aromatic N) is 5. The first kappa shape index (κ1) is 17.7. The number of rotatable bonds is 6. The molecular weight excluding hydrogens is 362 g/mol. The van der Waals surface area contributed by atoms with Crippen LogP contribution >= 0.6 is 0 Å². The van der Waals surface area contributed by atoms with Crippen molar-refractivity contribution in [2.75, 3.05) is 7.05 Å². The average molecular weight is 379 g/mol. The highest BCUT2D eigenvalue weighted by Gasteiger charge is 2.19. The molecule has 3 aromatic heterocycles. The van der Waals surface area contributed by atoms with Gasteiger partial charge in [0.05, 0.1) is 6.54 Å². The number of ether oxygens (including phenoxy) is 1. The molecule has 0 aliphatic carbocycles. The van der Waals surface area contributed by atoms with Crippen LogP contribution < -0.4 is 4.74 Å². The van der Waals surface area contributed by atoms with Gasteiger partial charge in [0.1, 0.15) is 12.0 Å². The summed E-state index contributed by atoms with van der Waals surface area (Å²) < 4.78 is 16.5. The van der Waals surface area contributed by atoms with Gasteiger partial charge in [-0.2, -0.15) is 0 Å². The van der Waals surface area contributed by atoms with Crippen molar-refractivity contribution in [3.8, 4) is 5.75 Å². The van der Waals surface area contributed by atoms with Crippen LogP contribution in [0.25, 0.3) is 10.8 Å². The molecule has 3 heterocycles. The number of oxazole rings is 1. The van der Waals surface area contributed by atoms with Crippen LogP contribution in [0.3, 0.4) is 0 Å². The fraction of sp³-hybridized carbons (Fsp3) is 0.211. The Hall–Kier alpha value is -3.75. The molecule has 0 spiro atoms. The Bertz CT molecular complexity index is 1110. The van der Waals surface area contributed by atoms with Crippen molar-refractivity contribution < 1.29 is 18.4 Å². The molecule has 1 amide bonds. The van der Waals surface area contributed by atoms with Gasteiger partial charge in [0, 0.05) is 37.1 Å². The number of amides is 1. The Morgan fingerprint density at radius 1 is 1.21 bits per heavy atom. The molecule has 4 aromatic rings. The normalized spacial score (nSPS) is 10.9. The lowest BCUT2D eigenvalue weighted by Crippen LogP contribution is -2.26. The highest BCUT2D eigenvalue weighted by Crippen LogP contribution is 2.25. The van der Waals surface area contributed by atoms with Gasteiger partial charge in [-0.1, -0.05) is 12.1 Å². The van der Waals surface area contributed by atoms with Gasteiger partial charge in [-0.25, -0.2) is 4.98 Å². The molecule has 0 fully saturated rings. The molecule has 9 nitrogen and oxygen atoms in total. The first-order chi connectivity index (χ1) is 13.6. The van der Waals surface area contributed by atoms with E-state index in [9.17, 15) is 4.79 Å². The van der Waals surface area contributed by atoms with E-state index in [2.05, 4.69) is 20.2 Å². The molecule has 0 N–H and O–H groups in total. The molecule has 0 atom stereocenters. The second-order valence-corrected chi connectivity index (χ2v) is 6.14. The predicted octanol–water partition coefficient (Wildman–Crippen LogP) is 2.77. The SMILES string of the molecule is Cc1nnc(CN(C)C(=O)c2coc(COc3cccc4cnccc34)n2)o1. The van der Waals surface area contributed by atoms with Crippen molar-refractivity contribution in [3.63, 3.8) is 0 Å². The number of pyridine rings is 1. The summed E-state index contributed by atoms with van der Waals surface area (Å²) in [6, 6.07) is 7.58. The topological polar surface area (TPSA) is 107 Å². The van der Waals surface area contributed by atoms with E-state index in [1.54, 1.807) is 26.4 Å². The minimum absolute atomic E-state index is 0.0985. The molecule has 28 heavy (non-hydrogen) atoms. The Balaban J connectivity index is 1.41. The molecule has 142 valence electrons. The van der Waals surface area contributed by atoms with Crippen LogP contribution in [0.2, 0.25) is 0 Å². The lowest BCUT2D eigenvalue weighted by molar-refractivity contribution is 0.0766. The van der Waals surface area contributed by atoms with Crippen LogP contribution in [0.1, 0.15) is 28.2 Å². The molecule has 0 unspecified atom stereocenters. The number of hydrogen-bond donors (Lipinski definition) is 0. The summed E-state index contributed by atoms with van der Waals surface area (Å²) in [4.78, 5) is 22.2. The molecule has 0 saturated heterocycles. The van der Waals surface area contributed by atoms with Crippen molar-refractivity contribution in [2.24, 2.45) is 0 Å². The van der Waals surface area contributed by atoms with Gasteiger partial charge in [0.2, 0.25) is 17.7 Å². The summed E-state index contributed by atoms with van der Waals surface area (Å²) in [5.41, 5.74) is 0.180. The molecule has 0 aliphatic heterocycles. The van der Waals surface area contributed by atoms with E-state index in [0.717, 1.165) is 10.8 Å². The number of aromatic nitrogens is 4. The number of carbonyl (C=O) groups excluding carboxylic acids is 1. The number of fused-ring (bicyclic) bond motifs is 1. The lowest BCUT2D eigenvalue weighted by atomic mass is 10.1. The van der Waals surface area contributed by atoms with Gasteiger partial charge in [0.15, 0.2) is 12.3 Å². The first-order valence-electron chi connectivity index (χ1n) is 8.54. The van der Waals surface area contributed by atoms with Crippen LogP contribution in [0.4, 0.5) is 0 Å². The molecule has 9 heteroatoms. The summed E-state index contributed by atoms with van der Waals surface area (Å²) in [5, 5.41) is 9.53. The van der Waals surface area contributed by atoms with Crippen LogP contribution in [0.15, 0.2) is 51.8 Å². The van der Waals surface area contributed by atoms with Gasteiger partial charge < -0.3 is 18.5 Å². The van der Waals surface area contributed by atoms with Gasteiger partial charge in [0.25, 0.3) is 5.91 Å². The van der Waals surface area contributed by atoms with Crippen LogP contribution in [0, 0.1) is 6.92 Å². The number of hydrogen-bond acceptors (Lipinski definition) is 8. The molecule has 1 aromatic carbocycles. The molecular formula is C19H17N5O4. The van der Waals surface area contributed by atoms with E-state index in [0.29, 0.717) is 23.4 Å². The van der Waals surface area contributed by atoms with E-state index in [-0.39, 0.29) is 24.8 Å². The Morgan fingerprint density at radius 2 is 2.11 bits per heavy atom. The summed E-state index contributed by atoms with van der Waals surface area (Å²) >= 11 is 0. The van der Waals surface area contributed by atoms with Crippen molar-refractivity contribution in [1.29, 1.82) is 0 Å². The second kappa shape index (κ2) is 7.47. The van der Waals surface area contributed by atoms with E-state index in [4.69, 9.17) is 13.6 Å². The third-order valence-corrected chi connectivity index (χ3v) is 4.05. The van der Waals surface area contributed by atoms with Gasteiger partial charge in [-0.3, -0.25) is 9.78 Å². The van der Waals surface area contributed by atoms with Gasteiger partial charge in [-0.05, 0) is 12.1 Å². The standard InChI is InChI=1S/C19H17N5O4/c1-12-22-23-17(28-12)9-24(2)19(25)15-10-27-18(21-15)11-26-16-5-3-4-13-8-20-7-6-14(13)16/h3-8,10H,9,11H2,1-2H3. The van der Waals surface area contributed by atoms with E-state index in [1.165, 1.54) is 11.2 Å². The second-order valence-electron chi connectivity index (χ2n) is 6.14. The minimum Gasteiger partial charge on any atom is -0.483 e. The lowest BCUT2D eigenvalue weighted by Gasteiger charge is -2.12.